The number of thiol groups is 1. The van der Waals surface area contributed by atoms with Crippen LogP contribution in [0.5, 0.6) is 0 Å². The molecule has 0 aromatic rings. The van der Waals surface area contributed by atoms with Gasteiger partial charge in [-0.2, -0.15) is 12.6 Å². The van der Waals surface area contributed by atoms with Crippen molar-refractivity contribution in [1.29, 1.82) is 0 Å². The third-order valence-electron chi connectivity index (χ3n) is 1.77. The molecular weight excluding hydrogens is 118 g/mol. The normalized spacial score (nSPS) is 20.6. The van der Waals surface area contributed by atoms with Gasteiger partial charge in [-0.25, -0.2) is 0 Å². The Balaban J connectivity index is 1.86. The van der Waals surface area contributed by atoms with Gasteiger partial charge in [-0.05, 0) is 25.3 Å². The number of rotatable bonds is 3. The molecule has 0 saturated heterocycles. The van der Waals surface area contributed by atoms with Crippen LogP contribution in [0.2, 0.25) is 0 Å². The molecule has 8 heavy (non-hydrogen) atoms. The van der Waals surface area contributed by atoms with E-state index < -0.39 is 0 Å². The molecule has 0 heterocycles. The Hall–Kier alpha value is 0.310. The Bertz CT molecular complexity index is 61.5. The van der Waals surface area contributed by atoms with Gasteiger partial charge in [0.1, 0.15) is 0 Å². The van der Waals surface area contributed by atoms with Gasteiger partial charge in [0.25, 0.3) is 0 Å². The molecule has 0 unspecified atom stereocenters. The molecule has 1 rings (SSSR count). The molecule has 0 atom stereocenters. The van der Waals surface area contributed by atoms with Crippen molar-refractivity contribution in [2.45, 2.75) is 19.3 Å². The molecular formula is C6H13NS. The van der Waals surface area contributed by atoms with Crippen LogP contribution < -0.4 is 5.32 Å². The van der Waals surface area contributed by atoms with E-state index in [-0.39, 0.29) is 0 Å². The van der Waals surface area contributed by atoms with Crippen molar-refractivity contribution in [1.82, 2.24) is 5.32 Å². The third kappa shape index (κ3) is 1.67. The van der Waals surface area contributed by atoms with E-state index in [1.54, 1.807) is 0 Å². The van der Waals surface area contributed by atoms with Crippen LogP contribution in [0, 0.1) is 5.92 Å². The second-order valence-corrected chi connectivity index (χ2v) is 2.73. The van der Waals surface area contributed by atoms with Gasteiger partial charge in [0.2, 0.25) is 0 Å². The van der Waals surface area contributed by atoms with Gasteiger partial charge in [-0.3, -0.25) is 0 Å². The average molecular weight is 131 g/mol. The van der Waals surface area contributed by atoms with Crippen LogP contribution in [0.25, 0.3) is 0 Å². The van der Waals surface area contributed by atoms with Crippen molar-refractivity contribution in [3.05, 3.63) is 0 Å². The van der Waals surface area contributed by atoms with Crippen molar-refractivity contribution < 1.29 is 0 Å². The minimum atomic E-state index is 0.830. The smallest absolute Gasteiger partial charge is 0.0387 e. The zero-order valence-electron chi connectivity index (χ0n) is 5.06. The molecule has 0 radical (unpaired) electrons. The fraction of sp³-hybridized carbons (Fsp3) is 1.00. The zero-order chi connectivity index (χ0) is 5.82. The van der Waals surface area contributed by atoms with Gasteiger partial charge in [-0.15, -0.1) is 0 Å². The predicted molar refractivity (Wildman–Crippen MR) is 39.2 cm³/mol. The van der Waals surface area contributed by atoms with E-state index in [0.717, 1.165) is 11.8 Å². The quantitative estimate of drug-likeness (QED) is 0.434. The standard InChI is InChI=1S/C6H13NS/c8-5-7-4-6-2-1-3-6/h6-8H,1-5H2. The van der Waals surface area contributed by atoms with Gasteiger partial charge in [-0.1, -0.05) is 6.42 Å². The van der Waals surface area contributed by atoms with E-state index >= 15 is 0 Å². The zero-order valence-corrected chi connectivity index (χ0v) is 5.95. The molecule has 1 aliphatic rings. The molecule has 0 aromatic heterocycles. The second kappa shape index (κ2) is 3.36. The van der Waals surface area contributed by atoms with Gasteiger partial charge < -0.3 is 5.32 Å². The third-order valence-corrected chi connectivity index (χ3v) is 1.99. The summed E-state index contributed by atoms with van der Waals surface area (Å²) in [5.41, 5.74) is 0. The lowest BCUT2D eigenvalue weighted by atomic mass is 9.86. The summed E-state index contributed by atoms with van der Waals surface area (Å²) in [5.74, 6) is 1.80. The molecule has 0 spiro atoms. The highest BCUT2D eigenvalue weighted by Crippen LogP contribution is 2.24. The summed E-state index contributed by atoms with van der Waals surface area (Å²) in [7, 11) is 0. The van der Waals surface area contributed by atoms with Crippen molar-refractivity contribution >= 4 is 12.6 Å². The lowest BCUT2D eigenvalue weighted by Gasteiger charge is -2.24. The van der Waals surface area contributed by atoms with E-state index in [9.17, 15) is 0 Å². The molecule has 1 nitrogen and oxygen atoms in total. The number of hydrogen-bond acceptors (Lipinski definition) is 2. The van der Waals surface area contributed by atoms with Gasteiger partial charge in [0, 0.05) is 5.88 Å². The minimum Gasteiger partial charge on any atom is -0.308 e. The van der Waals surface area contributed by atoms with Crippen molar-refractivity contribution in [3.63, 3.8) is 0 Å². The SMILES string of the molecule is SCNCC1CCC1. The molecule has 48 valence electrons. The highest BCUT2D eigenvalue weighted by atomic mass is 32.1. The predicted octanol–water partition coefficient (Wildman–Crippen LogP) is 1.26. The van der Waals surface area contributed by atoms with Crippen LogP contribution >= 0.6 is 12.6 Å². The van der Waals surface area contributed by atoms with Crippen LogP contribution in [0.1, 0.15) is 19.3 Å². The largest absolute Gasteiger partial charge is 0.308 e. The lowest BCUT2D eigenvalue weighted by Crippen LogP contribution is -2.26. The average Bonchev–Trinajstić information content (AvgIpc) is 1.63. The summed E-state index contributed by atoms with van der Waals surface area (Å²) < 4.78 is 0. The maximum Gasteiger partial charge on any atom is 0.0387 e. The van der Waals surface area contributed by atoms with Gasteiger partial charge in [0.15, 0.2) is 0 Å². The molecule has 1 fully saturated rings. The monoisotopic (exact) mass is 131 g/mol. The van der Waals surface area contributed by atoms with Crippen molar-refractivity contribution in [2.24, 2.45) is 5.92 Å². The van der Waals surface area contributed by atoms with Crippen LogP contribution in [0.4, 0.5) is 0 Å². The molecule has 0 aliphatic heterocycles. The maximum atomic E-state index is 4.05. The van der Waals surface area contributed by atoms with E-state index in [2.05, 4.69) is 17.9 Å². The van der Waals surface area contributed by atoms with Gasteiger partial charge >= 0.3 is 0 Å². The highest BCUT2D eigenvalue weighted by Gasteiger charge is 2.15. The Morgan fingerprint density at radius 2 is 2.25 bits per heavy atom. The van der Waals surface area contributed by atoms with Gasteiger partial charge in [0.05, 0.1) is 0 Å². The lowest BCUT2D eigenvalue weighted by molar-refractivity contribution is 0.308. The molecule has 1 saturated carbocycles. The first-order valence-corrected chi connectivity index (χ1v) is 3.88. The topological polar surface area (TPSA) is 12.0 Å². The molecule has 0 aromatic carbocycles. The first-order valence-electron chi connectivity index (χ1n) is 3.25. The van der Waals surface area contributed by atoms with Crippen molar-refractivity contribution in [3.8, 4) is 0 Å². The maximum absolute atomic E-state index is 4.05. The molecule has 1 N–H and O–H groups in total. The summed E-state index contributed by atoms with van der Waals surface area (Å²) in [6, 6.07) is 0. The fourth-order valence-electron chi connectivity index (χ4n) is 0.966. The highest BCUT2D eigenvalue weighted by molar-refractivity contribution is 7.80. The summed E-state index contributed by atoms with van der Waals surface area (Å²) >= 11 is 4.05. The van der Waals surface area contributed by atoms with Crippen LogP contribution in [0.15, 0.2) is 0 Å². The Kier molecular flexibility index (Phi) is 2.70. The number of hydrogen-bond donors (Lipinski definition) is 2. The first-order chi connectivity index (χ1) is 3.93. The Morgan fingerprint density at radius 3 is 2.62 bits per heavy atom. The molecule has 0 bridgehead atoms. The van der Waals surface area contributed by atoms with E-state index in [1.165, 1.54) is 25.8 Å². The van der Waals surface area contributed by atoms with Crippen LogP contribution in [0.3, 0.4) is 0 Å². The van der Waals surface area contributed by atoms with E-state index in [4.69, 9.17) is 0 Å². The fourth-order valence-corrected chi connectivity index (χ4v) is 1.09. The summed E-state index contributed by atoms with van der Waals surface area (Å²) in [6.07, 6.45) is 4.31. The van der Waals surface area contributed by atoms with Crippen molar-refractivity contribution in [2.75, 3.05) is 12.4 Å². The first kappa shape index (κ1) is 6.43. The Morgan fingerprint density at radius 1 is 1.50 bits per heavy atom. The Labute approximate surface area is 56.3 Å². The van der Waals surface area contributed by atoms with E-state index in [0.29, 0.717) is 0 Å². The summed E-state index contributed by atoms with van der Waals surface area (Å²) in [4.78, 5) is 0. The van der Waals surface area contributed by atoms with Crippen LogP contribution in [-0.4, -0.2) is 12.4 Å². The summed E-state index contributed by atoms with van der Waals surface area (Å²) in [5, 5.41) is 3.21. The number of nitrogens with one attached hydrogen (secondary N) is 1. The molecule has 0 amide bonds. The van der Waals surface area contributed by atoms with Crippen LogP contribution in [-0.2, 0) is 0 Å². The van der Waals surface area contributed by atoms with E-state index in [1.807, 2.05) is 0 Å². The minimum absolute atomic E-state index is 0.830. The summed E-state index contributed by atoms with van der Waals surface area (Å²) in [6.45, 7) is 1.18. The molecule has 2 heteroatoms. The molecule has 1 aliphatic carbocycles. The second-order valence-electron chi connectivity index (χ2n) is 2.41.